The normalized spacial score (nSPS) is 19.0. The van der Waals surface area contributed by atoms with Crippen molar-refractivity contribution in [2.45, 2.75) is 49.2 Å². The van der Waals surface area contributed by atoms with E-state index in [1.807, 2.05) is 28.5 Å². The van der Waals surface area contributed by atoms with Crippen molar-refractivity contribution in [1.29, 1.82) is 0 Å². The standard InChI is InChI=1S/C15H22O3S3/c1-13-6-8-15(9-7-13)21(16,17)18-11-4-2-3-5-14-10-12-19-20-14/h6-9,14H,2-5,10-12H2,1H3/t14-/m1/s1. The van der Waals surface area contributed by atoms with Crippen molar-refractivity contribution in [2.24, 2.45) is 0 Å². The minimum absolute atomic E-state index is 0.243. The van der Waals surface area contributed by atoms with Crippen LogP contribution in [0.2, 0.25) is 0 Å². The minimum atomic E-state index is -3.59. The molecule has 0 radical (unpaired) electrons. The van der Waals surface area contributed by atoms with Crippen LogP contribution in [0.15, 0.2) is 29.2 Å². The molecule has 0 bridgehead atoms. The summed E-state index contributed by atoms with van der Waals surface area (Å²) in [5, 5.41) is 0.798. The minimum Gasteiger partial charge on any atom is -0.266 e. The molecule has 1 heterocycles. The number of benzene rings is 1. The van der Waals surface area contributed by atoms with Gasteiger partial charge < -0.3 is 0 Å². The Morgan fingerprint density at radius 1 is 1.19 bits per heavy atom. The van der Waals surface area contributed by atoms with Crippen molar-refractivity contribution in [3.8, 4) is 0 Å². The highest BCUT2D eigenvalue weighted by atomic mass is 33.1. The number of hydrogen-bond acceptors (Lipinski definition) is 5. The first-order valence-electron chi connectivity index (χ1n) is 7.32. The second-order valence-corrected chi connectivity index (χ2v) is 9.67. The summed E-state index contributed by atoms with van der Waals surface area (Å²) in [4.78, 5) is 0.243. The third-order valence-corrected chi connectivity index (χ3v) is 7.78. The maximum atomic E-state index is 12.0. The zero-order valence-corrected chi connectivity index (χ0v) is 14.7. The molecule has 118 valence electrons. The molecule has 1 aliphatic heterocycles. The van der Waals surface area contributed by atoms with Crippen LogP contribution in [-0.4, -0.2) is 26.0 Å². The zero-order valence-electron chi connectivity index (χ0n) is 12.3. The summed E-state index contributed by atoms with van der Waals surface area (Å²) in [5.74, 6) is 1.27. The van der Waals surface area contributed by atoms with Gasteiger partial charge in [0.1, 0.15) is 0 Å². The lowest BCUT2D eigenvalue weighted by molar-refractivity contribution is 0.306. The van der Waals surface area contributed by atoms with E-state index < -0.39 is 10.1 Å². The van der Waals surface area contributed by atoms with E-state index in [1.165, 1.54) is 18.6 Å². The number of rotatable bonds is 8. The molecule has 1 atom stereocenters. The SMILES string of the molecule is Cc1ccc(S(=O)(=O)OCCCCC[C@@H]2CCSS2)cc1. The van der Waals surface area contributed by atoms with Crippen LogP contribution in [0.25, 0.3) is 0 Å². The van der Waals surface area contributed by atoms with Gasteiger partial charge in [-0.1, -0.05) is 52.1 Å². The number of aryl methyl sites for hydroxylation is 1. The lowest BCUT2D eigenvalue weighted by Crippen LogP contribution is -2.07. The highest BCUT2D eigenvalue weighted by molar-refractivity contribution is 8.77. The van der Waals surface area contributed by atoms with E-state index in [-0.39, 0.29) is 11.5 Å². The average Bonchev–Trinajstić information content (AvgIpc) is 2.96. The van der Waals surface area contributed by atoms with E-state index in [9.17, 15) is 8.42 Å². The first kappa shape index (κ1) is 17.2. The maximum absolute atomic E-state index is 12.0. The fourth-order valence-electron chi connectivity index (χ4n) is 2.16. The molecular formula is C15H22O3S3. The number of hydrogen-bond donors (Lipinski definition) is 0. The Labute approximate surface area is 135 Å². The summed E-state index contributed by atoms with van der Waals surface area (Å²) >= 11 is 0. The Kier molecular flexibility index (Phi) is 6.92. The molecule has 6 heteroatoms. The van der Waals surface area contributed by atoms with E-state index in [4.69, 9.17) is 4.18 Å². The van der Waals surface area contributed by atoms with Gasteiger partial charge in [-0.15, -0.1) is 0 Å². The summed E-state index contributed by atoms with van der Waals surface area (Å²) in [6.07, 6.45) is 5.54. The predicted octanol–water partition coefficient (Wildman–Crippen LogP) is 4.41. The predicted molar refractivity (Wildman–Crippen MR) is 91.2 cm³/mol. The van der Waals surface area contributed by atoms with E-state index in [2.05, 4.69) is 0 Å². The van der Waals surface area contributed by atoms with Crippen LogP contribution < -0.4 is 0 Å². The summed E-state index contributed by atoms with van der Waals surface area (Å²) in [6, 6.07) is 6.76. The van der Waals surface area contributed by atoms with Crippen LogP contribution in [-0.2, 0) is 14.3 Å². The summed E-state index contributed by atoms with van der Waals surface area (Å²) in [5.41, 5.74) is 1.04. The first-order chi connectivity index (χ1) is 10.1. The molecule has 0 aromatic heterocycles. The van der Waals surface area contributed by atoms with Crippen molar-refractivity contribution >= 4 is 31.7 Å². The van der Waals surface area contributed by atoms with Crippen molar-refractivity contribution in [1.82, 2.24) is 0 Å². The van der Waals surface area contributed by atoms with Crippen molar-refractivity contribution in [3.63, 3.8) is 0 Å². The van der Waals surface area contributed by atoms with Crippen molar-refractivity contribution < 1.29 is 12.6 Å². The Bertz CT molecular complexity index is 520. The van der Waals surface area contributed by atoms with Gasteiger partial charge in [0.2, 0.25) is 0 Å². The van der Waals surface area contributed by atoms with Crippen LogP contribution in [0.5, 0.6) is 0 Å². The molecule has 1 aromatic carbocycles. The molecule has 0 unspecified atom stereocenters. The molecule has 21 heavy (non-hydrogen) atoms. The van der Waals surface area contributed by atoms with Crippen LogP contribution in [0.1, 0.15) is 37.7 Å². The van der Waals surface area contributed by atoms with Crippen LogP contribution >= 0.6 is 21.6 Å². The van der Waals surface area contributed by atoms with Gasteiger partial charge in [0, 0.05) is 11.0 Å². The second kappa shape index (κ2) is 8.46. The summed E-state index contributed by atoms with van der Waals surface area (Å²) in [7, 11) is 0.376. The van der Waals surface area contributed by atoms with Gasteiger partial charge in [-0.25, -0.2) is 0 Å². The Balaban J connectivity index is 1.64. The van der Waals surface area contributed by atoms with Crippen LogP contribution in [0.3, 0.4) is 0 Å². The highest BCUT2D eigenvalue weighted by Gasteiger charge is 2.16. The quantitative estimate of drug-likeness (QED) is 0.396. The van der Waals surface area contributed by atoms with E-state index in [0.717, 1.165) is 30.1 Å². The molecule has 1 aromatic rings. The van der Waals surface area contributed by atoms with Crippen LogP contribution in [0.4, 0.5) is 0 Å². The lowest BCUT2D eigenvalue weighted by Gasteiger charge is -2.08. The molecule has 0 saturated carbocycles. The molecule has 1 aliphatic rings. The molecular weight excluding hydrogens is 324 g/mol. The average molecular weight is 347 g/mol. The van der Waals surface area contributed by atoms with E-state index >= 15 is 0 Å². The van der Waals surface area contributed by atoms with Gasteiger partial charge in [-0.05, 0) is 38.3 Å². The molecule has 1 fully saturated rings. The van der Waals surface area contributed by atoms with Gasteiger partial charge in [-0.2, -0.15) is 8.42 Å². The molecule has 1 saturated heterocycles. The largest absolute Gasteiger partial charge is 0.296 e. The number of unbranched alkanes of at least 4 members (excludes halogenated alkanes) is 2. The monoisotopic (exact) mass is 346 g/mol. The van der Waals surface area contributed by atoms with E-state index in [1.54, 1.807) is 24.3 Å². The van der Waals surface area contributed by atoms with Gasteiger partial charge in [0.25, 0.3) is 10.1 Å². The molecule has 2 rings (SSSR count). The van der Waals surface area contributed by atoms with Gasteiger partial charge in [0.15, 0.2) is 0 Å². The molecule has 0 N–H and O–H groups in total. The third-order valence-electron chi connectivity index (χ3n) is 3.45. The molecule has 0 spiro atoms. The highest BCUT2D eigenvalue weighted by Crippen LogP contribution is 2.39. The van der Waals surface area contributed by atoms with Gasteiger partial charge in [-0.3, -0.25) is 4.18 Å². The smallest absolute Gasteiger partial charge is 0.266 e. The first-order valence-corrected chi connectivity index (χ1v) is 11.1. The maximum Gasteiger partial charge on any atom is 0.296 e. The Morgan fingerprint density at radius 3 is 2.62 bits per heavy atom. The third kappa shape index (κ3) is 5.85. The Hall–Kier alpha value is -0.170. The molecule has 0 aliphatic carbocycles. The Morgan fingerprint density at radius 2 is 1.95 bits per heavy atom. The zero-order chi connectivity index (χ0) is 15.1. The molecule has 3 nitrogen and oxygen atoms in total. The topological polar surface area (TPSA) is 43.4 Å². The second-order valence-electron chi connectivity index (χ2n) is 5.27. The van der Waals surface area contributed by atoms with Gasteiger partial charge in [0.05, 0.1) is 11.5 Å². The summed E-state index contributed by atoms with van der Waals surface area (Å²) in [6.45, 7) is 2.21. The fraction of sp³-hybridized carbons (Fsp3) is 0.600. The van der Waals surface area contributed by atoms with Crippen molar-refractivity contribution in [2.75, 3.05) is 12.4 Å². The van der Waals surface area contributed by atoms with Gasteiger partial charge >= 0.3 is 0 Å². The lowest BCUT2D eigenvalue weighted by atomic mass is 10.1. The van der Waals surface area contributed by atoms with Crippen molar-refractivity contribution in [3.05, 3.63) is 29.8 Å². The van der Waals surface area contributed by atoms with Crippen LogP contribution in [0, 0.1) is 6.92 Å². The summed E-state index contributed by atoms with van der Waals surface area (Å²) < 4.78 is 29.0. The molecule has 0 amide bonds. The fourth-order valence-corrected chi connectivity index (χ4v) is 6.13. The van der Waals surface area contributed by atoms with E-state index in [0.29, 0.717) is 0 Å².